The predicted octanol–water partition coefficient (Wildman–Crippen LogP) is 2.87. The Morgan fingerprint density at radius 1 is 0.960 bits per heavy atom. The number of anilines is 1. The first-order chi connectivity index (χ1) is 12.0. The van der Waals surface area contributed by atoms with Gasteiger partial charge in [-0.3, -0.25) is 4.79 Å². The summed E-state index contributed by atoms with van der Waals surface area (Å²) >= 11 is 0. The number of nitrogens with one attached hydrogen (secondary N) is 1. The van der Waals surface area contributed by atoms with Crippen LogP contribution in [0.1, 0.15) is 11.1 Å². The summed E-state index contributed by atoms with van der Waals surface area (Å²) in [6.07, 6.45) is 0. The first kappa shape index (κ1) is 18.3. The Morgan fingerprint density at radius 3 is 2.48 bits per heavy atom. The van der Waals surface area contributed by atoms with E-state index in [-0.39, 0.29) is 13.2 Å². The van der Waals surface area contributed by atoms with Crippen molar-refractivity contribution in [2.24, 2.45) is 0 Å². The highest BCUT2D eigenvalue weighted by Crippen LogP contribution is 2.17. The van der Waals surface area contributed by atoms with Crippen LogP contribution in [-0.2, 0) is 14.3 Å². The van der Waals surface area contributed by atoms with Crippen molar-refractivity contribution in [3.05, 3.63) is 53.6 Å². The molecule has 0 heterocycles. The van der Waals surface area contributed by atoms with Gasteiger partial charge < -0.3 is 19.5 Å². The second-order valence-electron chi connectivity index (χ2n) is 5.48. The molecule has 25 heavy (non-hydrogen) atoms. The first-order valence-electron chi connectivity index (χ1n) is 7.77. The number of esters is 1. The molecule has 0 aromatic heterocycles. The van der Waals surface area contributed by atoms with Crippen molar-refractivity contribution in [2.75, 3.05) is 25.6 Å². The fourth-order valence-corrected chi connectivity index (χ4v) is 2.03. The highest BCUT2D eigenvalue weighted by Gasteiger charge is 2.09. The Hall–Kier alpha value is -3.02. The number of benzene rings is 2. The maximum absolute atomic E-state index is 11.8. The lowest BCUT2D eigenvalue weighted by atomic mass is 10.1. The van der Waals surface area contributed by atoms with Crippen LogP contribution in [0.3, 0.4) is 0 Å². The van der Waals surface area contributed by atoms with Crippen LogP contribution in [0.2, 0.25) is 0 Å². The molecule has 0 saturated carbocycles. The number of amides is 1. The van der Waals surface area contributed by atoms with Crippen LogP contribution >= 0.6 is 0 Å². The van der Waals surface area contributed by atoms with Crippen LogP contribution in [0, 0.1) is 13.8 Å². The molecule has 0 spiro atoms. The van der Waals surface area contributed by atoms with Gasteiger partial charge in [0.25, 0.3) is 5.91 Å². The summed E-state index contributed by atoms with van der Waals surface area (Å²) in [4.78, 5) is 23.5. The molecule has 0 radical (unpaired) electrons. The van der Waals surface area contributed by atoms with Crippen LogP contribution in [0.5, 0.6) is 11.5 Å². The molecule has 2 aromatic carbocycles. The van der Waals surface area contributed by atoms with Crippen molar-refractivity contribution in [1.29, 1.82) is 0 Å². The van der Waals surface area contributed by atoms with Crippen LogP contribution < -0.4 is 14.8 Å². The van der Waals surface area contributed by atoms with E-state index in [0.717, 1.165) is 11.1 Å². The van der Waals surface area contributed by atoms with E-state index < -0.39 is 11.9 Å². The van der Waals surface area contributed by atoms with Crippen LogP contribution in [0.15, 0.2) is 42.5 Å². The standard InChI is InChI=1S/C19H21NO5/c1-13-7-8-17(9-14(13)2)24-12-19(22)25-11-18(21)20-15-5-4-6-16(10-15)23-3/h4-10H,11-12H2,1-3H3,(H,20,21). The molecule has 2 rings (SSSR count). The summed E-state index contributed by atoms with van der Waals surface area (Å²) in [5.74, 6) is 0.157. The third kappa shape index (κ3) is 5.84. The summed E-state index contributed by atoms with van der Waals surface area (Å²) in [5, 5.41) is 2.62. The van der Waals surface area contributed by atoms with Crippen molar-refractivity contribution in [1.82, 2.24) is 0 Å². The lowest BCUT2D eigenvalue weighted by molar-refractivity contribution is -0.149. The van der Waals surface area contributed by atoms with Gasteiger partial charge >= 0.3 is 5.97 Å². The number of methoxy groups -OCH3 is 1. The highest BCUT2D eigenvalue weighted by molar-refractivity contribution is 5.93. The van der Waals surface area contributed by atoms with Crippen molar-refractivity contribution < 1.29 is 23.8 Å². The van der Waals surface area contributed by atoms with Gasteiger partial charge in [-0.2, -0.15) is 0 Å². The van der Waals surface area contributed by atoms with Crippen molar-refractivity contribution in [3.8, 4) is 11.5 Å². The van der Waals surface area contributed by atoms with Gasteiger partial charge in [0.1, 0.15) is 11.5 Å². The van der Waals surface area contributed by atoms with E-state index in [2.05, 4.69) is 5.32 Å². The van der Waals surface area contributed by atoms with E-state index in [9.17, 15) is 9.59 Å². The third-order valence-corrected chi connectivity index (χ3v) is 3.55. The molecule has 6 nitrogen and oxygen atoms in total. The van der Waals surface area contributed by atoms with E-state index >= 15 is 0 Å². The largest absolute Gasteiger partial charge is 0.497 e. The van der Waals surface area contributed by atoms with Crippen molar-refractivity contribution >= 4 is 17.6 Å². The molecule has 6 heteroatoms. The number of hydrogen-bond acceptors (Lipinski definition) is 5. The maximum atomic E-state index is 11.8. The second-order valence-corrected chi connectivity index (χ2v) is 5.48. The quantitative estimate of drug-likeness (QED) is 0.783. The lowest BCUT2D eigenvalue weighted by Crippen LogP contribution is -2.23. The number of ether oxygens (including phenoxy) is 3. The van der Waals surface area contributed by atoms with Gasteiger partial charge in [0.05, 0.1) is 7.11 Å². The van der Waals surface area contributed by atoms with Crippen LogP contribution in [0.4, 0.5) is 5.69 Å². The van der Waals surface area contributed by atoms with Crippen LogP contribution in [0.25, 0.3) is 0 Å². The fourth-order valence-electron chi connectivity index (χ4n) is 2.03. The van der Waals surface area contributed by atoms with Crippen molar-refractivity contribution in [2.45, 2.75) is 13.8 Å². The zero-order valence-corrected chi connectivity index (χ0v) is 14.5. The van der Waals surface area contributed by atoms with E-state index in [1.54, 1.807) is 30.3 Å². The molecular formula is C19H21NO5. The summed E-state index contributed by atoms with van der Waals surface area (Å²) in [5.41, 5.74) is 2.78. The van der Waals surface area contributed by atoms with Gasteiger partial charge in [0, 0.05) is 11.8 Å². The van der Waals surface area contributed by atoms with Crippen LogP contribution in [-0.4, -0.2) is 32.2 Å². The zero-order valence-electron chi connectivity index (χ0n) is 14.5. The number of carbonyl (C=O) groups is 2. The Kier molecular flexibility index (Phi) is 6.39. The van der Waals surface area contributed by atoms with Gasteiger partial charge in [-0.15, -0.1) is 0 Å². The average molecular weight is 343 g/mol. The molecule has 0 atom stereocenters. The minimum absolute atomic E-state index is 0.255. The molecule has 0 fully saturated rings. The van der Waals surface area contributed by atoms with E-state index in [4.69, 9.17) is 14.2 Å². The Labute approximate surface area is 146 Å². The summed E-state index contributed by atoms with van der Waals surface area (Å²) < 4.78 is 15.3. The molecule has 0 aliphatic carbocycles. The Morgan fingerprint density at radius 2 is 1.76 bits per heavy atom. The zero-order chi connectivity index (χ0) is 18.2. The summed E-state index contributed by atoms with van der Waals surface area (Å²) in [7, 11) is 1.54. The van der Waals surface area contributed by atoms with Crippen molar-refractivity contribution in [3.63, 3.8) is 0 Å². The van der Waals surface area contributed by atoms with Gasteiger partial charge in [-0.05, 0) is 49.2 Å². The lowest BCUT2D eigenvalue weighted by Gasteiger charge is -2.09. The van der Waals surface area contributed by atoms with E-state index in [0.29, 0.717) is 17.2 Å². The summed E-state index contributed by atoms with van der Waals surface area (Å²) in [6.45, 7) is 3.32. The molecule has 1 N–H and O–H groups in total. The van der Waals surface area contributed by atoms with Gasteiger partial charge in [-0.25, -0.2) is 4.79 Å². The van der Waals surface area contributed by atoms with E-state index in [1.165, 1.54) is 7.11 Å². The average Bonchev–Trinajstić information content (AvgIpc) is 2.61. The van der Waals surface area contributed by atoms with Gasteiger partial charge in [-0.1, -0.05) is 12.1 Å². The maximum Gasteiger partial charge on any atom is 0.344 e. The minimum atomic E-state index is -0.612. The number of hydrogen-bond donors (Lipinski definition) is 1. The molecule has 0 unspecified atom stereocenters. The van der Waals surface area contributed by atoms with Gasteiger partial charge in [0.2, 0.25) is 0 Å². The molecule has 0 aliphatic rings. The topological polar surface area (TPSA) is 73.9 Å². The number of carbonyl (C=O) groups excluding carboxylic acids is 2. The molecule has 1 amide bonds. The second kappa shape index (κ2) is 8.73. The fraction of sp³-hybridized carbons (Fsp3) is 0.263. The molecule has 132 valence electrons. The number of aryl methyl sites for hydroxylation is 2. The normalized spacial score (nSPS) is 10.0. The smallest absolute Gasteiger partial charge is 0.344 e. The Balaban J connectivity index is 1.75. The summed E-state index contributed by atoms with van der Waals surface area (Å²) in [6, 6.07) is 12.4. The molecule has 0 bridgehead atoms. The molecule has 2 aromatic rings. The first-order valence-corrected chi connectivity index (χ1v) is 7.77. The predicted molar refractivity (Wildman–Crippen MR) is 94.0 cm³/mol. The molecule has 0 saturated heterocycles. The highest BCUT2D eigenvalue weighted by atomic mass is 16.6. The monoisotopic (exact) mass is 343 g/mol. The minimum Gasteiger partial charge on any atom is -0.497 e. The number of rotatable bonds is 7. The molecular weight excluding hydrogens is 322 g/mol. The SMILES string of the molecule is COc1cccc(NC(=O)COC(=O)COc2ccc(C)c(C)c2)c1. The van der Waals surface area contributed by atoms with E-state index in [1.807, 2.05) is 26.0 Å². The molecule has 0 aliphatic heterocycles. The Bertz CT molecular complexity index is 757. The third-order valence-electron chi connectivity index (χ3n) is 3.55. The van der Waals surface area contributed by atoms with Gasteiger partial charge in [0.15, 0.2) is 13.2 Å².